The number of benzene rings is 1. The molecule has 0 aliphatic heterocycles. The van der Waals surface area contributed by atoms with E-state index in [0.29, 0.717) is 30.2 Å². The summed E-state index contributed by atoms with van der Waals surface area (Å²) in [7, 11) is 1.88. The number of aliphatic hydroxyl groups is 1. The molecular weight excluding hydrogens is 286 g/mol. The van der Waals surface area contributed by atoms with Gasteiger partial charge in [0.2, 0.25) is 5.91 Å². The number of anilines is 1. The molecule has 0 aromatic heterocycles. The molecule has 0 saturated heterocycles. The van der Waals surface area contributed by atoms with Crippen molar-refractivity contribution in [3.63, 3.8) is 0 Å². The quantitative estimate of drug-likeness (QED) is 0.663. The standard InChI is InChI=1S/C15H23N3O2S/c1-15(2,20)10-18(3)9-8-13(19)17-12-6-4-11(5-7-12)14(16)21/h4-7,20H,8-10H2,1-3H3,(H2,16,21)(H,17,19). The second-order valence-corrected chi connectivity index (χ2v) is 6.23. The van der Waals surface area contributed by atoms with Crippen molar-refractivity contribution in [2.24, 2.45) is 5.73 Å². The molecule has 1 amide bonds. The second-order valence-electron chi connectivity index (χ2n) is 5.79. The molecule has 0 fully saturated rings. The van der Waals surface area contributed by atoms with Crippen LogP contribution in [-0.2, 0) is 4.79 Å². The van der Waals surface area contributed by atoms with E-state index in [0.717, 1.165) is 5.56 Å². The predicted molar refractivity (Wildman–Crippen MR) is 89.4 cm³/mol. The molecule has 0 spiro atoms. The molecule has 4 N–H and O–H groups in total. The highest BCUT2D eigenvalue weighted by Crippen LogP contribution is 2.10. The number of likely N-dealkylation sites (N-methyl/N-ethyl adjacent to an activating group) is 1. The Labute approximate surface area is 131 Å². The van der Waals surface area contributed by atoms with Gasteiger partial charge in [0.1, 0.15) is 4.99 Å². The van der Waals surface area contributed by atoms with Crippen LogP contribution in [0.1, 0.15) is 25.8 Å². The van der Waals surface area contributed by atoms with Gasteiger partial charge in [0.25, 0.3) is 0 Å². The van der Waals surface area contributed by atoms with E-state index in [4.69, 9.17) is 18.0 Å². The lowest BCUT2D eigenvalue weighted by Crippen LogP contribution is -2.37. The maximum absolute atomic E-state index is 11.9. The van der Waals surface area contributed by atoms with Crippen LogP contribution in [0.5, 0.6) is 0 Å². The fourth-order valence-electron chi connectivity index (χ4n) is 1.97. The molecule has 0 saturated carbocycles. The Morgan fingerprint density at radius 2 is 1.95 bits per heavy atom. The average molecular weight is 309 g/mol. The first-order valence-corrected chi connectivity index (χ1v) is 7.19. The van der Waals surface area contributed by atoms with Gasteiger partial charge in [0.15, 0.2) is 0 Å². The summed E-state index contributed by atoms with van der Waals surface area (Å²) < 4.78 is 0. The summed E-state index contributed by atoms with van der Waals surface area (Å²) in [6.07, 6.45) is 0.365. The molecule has 0 heterocycles. The average Bonchev–Trinajstić information content (AvgIpc) is 2.35. The van der Waals surface area contributed by atoms with Crippen molar-refractivity contribution in [2.75, 3.05) is 25.5 Å². The normalized spacial score (nSPS) is 11.5. The zero-order valence-electron chi connectivity index (χ0n) is 12.7. The molecule has 21 heavy (non-hydrogen) atoms. The number of nitrogens with two attached hydrogens (primary N) is 1. The number of hydrogen-bond acceptors (Lipinski definition) is 4. The summed E-state index contributed by atoms with van der Waals surface area (Å²) in [5.41, 5.74) is 6.24. The third kappa shape index (κ3) is 7.17. The van der Waals surface area contributed by atoms with Crippen LogP contribution in [0.3, 0.4) is 0 Å². The number of thiocarbonyl (C=S) groups is 1. The van der Waals surface area contributed by atoms with Crippen molar-refractivity contribution in [3.8, 4) is 0 Å². The number of hydrogen-bond donors (Lipinski definition) is 3. The molecule has 6 heteroatoms. The van der Waals surface area contributed by atoms with E-state index in [2.05, 4.69) is 5.32 Å². The summed E-state index contributed by atoms with van der Waals surface area (Å²) in [6.45, 7) is 4.59. The summed E-state index contributed by atoms with van der Waals surface area (Å²) in [4.78, 5) is 14.1. The number of nitrogens with zero attached hydrogens (tertiary/aromatic N) is 1. The van der Waals surface area contributed by atoms with Crippen LogP contribution in [-0.4, -0.2) is 46.6 Å². The van der Waals surface area contributed by atoms with E-state index < -0.39 is 5.60 Å². The minimum absolute atomic E-state index is 0.0688. The van der Waals surface area contributed by atoms with E-state index in [1.807, 2.05) is 11.9 Å². The van der Waals surface area contributed by atoms with Crippen molar-refractivity contribution in [3.05, 3.63) is 29.8 Å². The predicted octanol–water partition coefficient (Wildman–Crippen LogP) is 1.35. The molecule has 0 aliphatic carbocycles. The first-order valence-electron chi connectivity index (χ1n) is 6.78. The van der Waals surface area contributed by atoms with Crippen molar-refractivity contribution in [2.45, 2.75) is 25.9 Å². The molecule has 1 rings (SSSR count). The smallest absolute Gasteiger partial charge is 0.225 e. The van der Waals surface area contributed by atoms with Gasteiger partial charge in [0, 0.05) is 30.8 Å². The zero-order valence-corrected chi connectivity index (χ0v) is 13.5. The molecule has 0 bridgehead atoms. The number of rotatable bonds is 7. The van der Waals surface area contributed by atoms with E-state index in [-0.39, 0.29) is 5.91 Å². The van der Waals surface area contributed by atoms with Crippen LogP contribution in [0.4, 0.5) is 5.69 Å². The Bertz CT molecular complexity index is 495. The minimum Gasteiger partial charge on any atom is -0.389 e. The zero-order chi connectivity index (χ0) is 16.0. The number of carbonyl (C=O) groups is 1. The Balaban J connectivity index is 2.41. The monoisotopic (exact) mass is 309 g/mol. The molecule has 1 aromatic rings. The van der Waals surface area contributed by atoms with E-state index in [1.165, 1.54) is 0 Å². The maximum atomic E-state index is 11.9. The first-order chi connectivity index (χ1) is 9.67. The summed E-state index contributed by atoms with van der Waals surface area (Å²) in [5.74, 6) is -0.0688. The van der Waals surface area contributed by atoms with Crippen molar-refractivity contribution >= 4 is 28.8 Å². The van der Waals surface area contributed by atoms with Crippen molar-refractivity contribution in [1.82, 2.24) is 4.90 Å². The van der Waals surface area contributed by atoms with Crippen LogP contribution in [0.15, 0.2) is 24.3 Å². The Morgan fingerprint density at radius 1 is 1.38 bits per heavy atom. The summed E-state index contributed by atoms with van der Waals surface area (Å²) in [5, 5.41) is 12.5. The Kier molecular flexibility index (Phi) is 6.26. The minimum atomic E-state index is -0.762. The van der Waals surface area contributed by atoms with E-state index >= 15 is 0 Å². The third-order valence-corrected chi connectivity index (χ3v) is 3.07. The lowest BCUT2D eigenvalue weighted by Gasteiger charge is -2.25. The van der Waals surface area contributed by atoms with Crippen LogP contribution in [0, 0.1) is 0 Å². The second kappa shape index (κ2) is 7.49. The Hall–Kier alpha value is -1.50. The van der Waals surface area contributed by atoms with E-state index in [9.17, 15) is 9.90 Å². The van der Waals surface area contributed by atoms with Crippen LogP contribution in [0.25, 0.3) is 0 Å². The van der Waals surface area contributed by atoms with Gasteiger partial charge in [-0.15, -0.1) is 0 Å². The molecule has 0 radical (unpaired) electrons. The first kappa shape index (κ1) is 17.6. The van der Waals surface area contributed by atoms with Crippen LogP contribution >= 0.6 is 12.2 Å². The van der Waals surface area contributed by atoms with Gasteiger partial charge in [0.05, 0.1) is 5.60 Å². The highest BCUT2D eigenvalue weighted by Gasteiger charge is 2.16. The van der Waals surface area contributed by atoms with Crippen LogP contribution < -0.4 is 11.1 Å². The number of amides is 1. The van der Waals surface area contributed by atoms with Crippen LogP contribution in [0.2, 0.25) is 0 Å². The fourth-order valence-corrected chi connectivity index (χ4v) is 2.11. The molecule has 1 aromatic carbocycles. The fraction of sp³-hybridized carbons (Fsp3) is 0.467. The summed E-state index contributed by atoms with van der Waals surface area (Å²) in [6, 6.07) is 7.09. The van der Waals surface area contributed by atoms with Gasteiger partial charge in [-0.25, -0.2) is 0 Å². The van der Waals surface area contributed by atoms with E-state index in [1.54, 1.807) is 38.1 Å². The molecule has 5 nitrogen and oxygen atoms in total. The largest absolute Gasteiger partial charge is 0.389 e. The number of carbonyl (C=O) groups excluding carboxylic acids is 1. The Morgan fingerprint density at radius 3 is 2.43 bits per heavy atom. The van der Waals surface area contributed by atoms with Gasteiger partial charge < -0.3 is 21.1 Å². The summed E-state index contributed by atoms with van der Waals surface area (Å²) >= 11 is 4.87. The number of nitrogens with one attached hydrogen (secondary N) is 1. The molecule has 0 atom stereocenters. The molecule has 116 valence electrons. The lowest BCUT2D eigenvalue weighted by molar-refractivity contribution is -0.116. The van der Waals surface area contributed by atoms with Gasteiger partial charge in [-0.05, 0) is 45.2 Å². The lowest BCUT2D eigenvalue weighted by atomic mass is 10.1. The molecular formula is C15H23N3O2S. The maximum Gasteiger partial charge on any atom is 0.225 e. The topological polar surface area (TPSA) is 78.6 Å². The van der Waals surface area contributed by atoms with Gasteiger partial charge in [-0.2, -0.15) is 0 Å². The van der Waals surface area contributed by atoms with Crippen molar-refractivity contribution in [1.29, 1.82) is 0 Å². The molecule has 0 aliphatic rings. The van der Waals surface area contributed by atoms with Gasteiger partial charge in [-0.3, -0.25) is 4.79 Å². The SMILES string of the molecule is CN(CCC(=O)Nc1ccc(C(N)=S)cc1)CC(C)(C)O. The highest BCUT2D eigenvalue weighted by atomic mass is 32.1. The highest BCUT2D eigenvalue weighted by molar-refractivity contribution is 7.80. The van der Waals surface area contributed by atoms with Crippen molar-refractivity contribution < 1.29 is 9.90 Å². The van der Waals surface area contributed by atoms with Gasteiger partial charge in [-0.1, -0.05) is 12.2 Å². The third-order valence-electron chi connectivity index (χ3n) is 2.83. The van der Waals surface area contributed by atoms with Gasteiger partial charge >= 0.3 is 0 Å². The molecule has 0 unspecified atom stereocenters.